The molecule has 0 spiro atoms. The highest BCUT2D eigenvalue weighted by Gasteiger charge is 2.14. The van der Waals surface area contributed by atoms with Gasteiger partial charge >= 0.3 is 23.9 Å². The van der Waals surface area contributed by atoms with Gasteiger partial charge < -0.3 is 77.6 Å². The highest BCUT2D eigenvalue weighted by atomic mass is 16.5. The van der Waals surface area contributed by atoms with E-state index in [9.17, 15) is 19.2 Å². The molecule has 0 saturated heterocycles. The van der Waals surface area contributed by atoms with Crippen molar-refractivity contribution in [2.24, 2.45) is 0 Å². The van der Waals surface area contributed by atoms with E-state index in [1.165, 1.54) is 9.80 Å². The summed E-state index contributed by atoms with van der Waals surface area (Å²) in [6.45, 7) is 8.96. The average molecular weight is 791 g/mol. The third-order valence-corrected chi connectivity index (χ3v) is 3.42. The van der Waals surface area contributed by atoms with Crippen LogP contribution in [0.15, 0.2) is 0 Å². The van der Waals surface area contributed by atoms with Gasteiger partial charge in [0.1, 0.15) is 0 Å². The fourth-order valence-electron chi connectivity index (χ4n) is 2.11. The molecule has 0 aromatic rings. The van der Waals surface area contributed by atoms with Crippen LogP contribution in [0.25, 0.3) is 0 Å². The van der Waals surface area contributed by atoms with Crippen molar-refractivity contribution in [3.63, 3.8) is 0 Å². The summed E-state index contributed by atoms with van der Waals surface area (Å²) in [5, 5.41) is 79.6. The molecular weight excluding hydrogens is 728 g/mol. The van der Waals surface area contributed by atoms with Crippen LogP contribution in [0.5, 0.6) is 0 Å². The minimum absolute atomic E-state index is 0. The van der Waals surface area contributed by atoms with E-state index in [1.54, 1.807) is 0 Å². The number of ether oxygens (including phenoxy) is 3. The van der Waals surface area contributed by atoms with Crippen LogP contribution in [0, 0.1) is 0 Å². The molecule has 0 unspecified atom stereocenters. The summed E-state index contributed by atoms with van der Waals surface area (Å²) >= 11 is 0. The minimum Gasteiger partial charge on any atom is -0.481 e. The van der Waals surface area contributed by atoms with Gasteiger partial charge in [-0.1, -0.05) is 0 Å². The largest absolute Gasteiger partial charge is 0.481 e. The Morgan fingerprint density at radius 2 is 0.604 bits per heavy atom. The van der Waals surface area contributed by atoms with E-state index in [1.807, 2.05) is 13.8 Å². The Hall–Kier alpha value is -4.60. The predicted octanol–water partition coefficient (Wildman–Crippen LogP) is -1.34. The predicted molar refractivity (Wildman–Crippen MR) is 185 cm³/mol. The highest BCUT2D eigenvalue weighted by Crippen LogP contribution is 1.92. The monoisotopic (exact) mass is 790 g/mol. The molecular formula is C28H62N4O21. The second kappa shape index (κ2) is 56.8. The Bertz CT molecular complexity index is 768. The Morgan fingerprint density at radius 3 is 0.717 bits per heavy atom. The summed E-state index contributed by atoms with van der Waals surface area (Å²) in [5.74, 6) is -7.88. The van der Waals surface area contributed by atoms with Gasteiger partial charge in [-0.15, -0.1) is 0 Å². The summed E-state index contributed by atoms with van der Waals surface area (Å²) in [4.78, 5) is 80.9. The van der Waals surface area contributed by atoms with Gasteiger partial charge in [0.15, 0.2) is 0 Å². The molecule has 0 aromatic heterocycles. The van der Waals surface area contributed by atoms with Crippen LogP contribution in [-0.2, 0) is 52.6 Å². The molecule has 0 amide bonds. The van der Waals surface area contributed by atoms with Crippen molar-refractivity contribution in [2.75, 3.05) is 92.1 Å². The Morgan fingerprint density at radius 1 is 0.415 bits per heavy atom. The van der Waals surface area contributed by atoms with Crippen molar-refractivity contribution in [1.82, 2.24) is 22.1 Å². The fraction of sp³-hybridized carbons (Fsp3) is 0.714. The third-order valence-electron chi connectivity index (χ3n) is 3.42. The van der Waals surface area contributed by atoms with E-state index in [2.05, 4.69) is 0 Å². The second-order valence-electron chi connectivity index (χ2n) is 8.53. The topological polar surface area (TPSA) is 443 Å². The number of carbonyl (C=O) groups is 8. The van der Waals surface area contributed by atoms with E-state index in [0.717, 1.165) is 40.9 Å². The molecule has 0 heterocycles. The lowest BCUT2D eigenvalue weighted by Crippen LogP contribution is -2.37. The van der Waals surface area contributed by atoms with E-state index < -0.39 is 73.9 Å². The lowest BCUT2D eigenvalue weighted by molar-refractivity contribution is -0.144. The van der Waals surface area contributed by atoms with Gasteiger partial charge in [0, 0.05) is 54.0 Å². The molecule has 0 bridgehead atoms. The fourth-order valence-corrected chi connectivity index (χ4v) is 2.11. The first-order valence-corrected chi connectivity index (χ1v) is 14.5. The van der Waals surface area contributed by atoms with Crippen molar-refractivity contribution < 1.29 is 104 Å². The highest BCUT2D eigenvalue weighted by molar-refractivity contribution is 5.73. The molecule has 0 fully saturated rings. The van der Waals surface area contributed by atoms with Gasteiger partial charge in [-0.3, -0.25) is 48.2 Å². The molecule has 0 rings (SSSR count). The molecule has 0 saturated carbocycles. The number of hydrogen-bond donors (Lipinski definition) is 12. The molecule has 25 nitrogen and oxygen atoms in total. The minimum atomic E-state index is -1.14. The van der Waals surface area contributed by atoms with Crippen molar-refractivity contribution in [3.05, 3.63) is 0 Å². The molecule has 0 aliphatic heterocycles. The molecule has 53 heavy (non-hydrogen) atoms. The summed E-state index contributed by atoms with van der Waals surface area (Å²) < 4.78 is 15.3. The Balaban J connectivity index is -0.0000000827. The number of aliphatic hydroxyl groups excluding tert-OH is 2. The standard InChI is InChI=1S/C14H24N2O10.C4H10O.4C2H4O2.C2H6O2.2H3N/c17-11(18)7-15(8-12(19)20)1-3-25-5-6-26-4-2-16(9-13(21)22)10-14(23)24;1-3-5-4-2;4*1-2(3)4;3-1-2-4;;/h1-10H2,(H,17,18)(H,19,20)(H,21,22)(H,23,24);3-4H2,1-2H3;4*1H3,(H,3,4);3-4H,1-2H2;2*1H3. The lowest BCUT2D eigenvalue weighted by atomic mass is 10.4. The van der Waals surface area contributed by atoms with Crippen molar-refractivity contribution in [2.45, 2.75) is 41.5 Å². The van der Waals surface area contributed by atoms with Crippen LogP contribution >= 0.6 is 0 Å². The van der Waals surface area contributed by atoms with Crippen LogP contribution in [-0.4, -0.2) is 201 Å². The number of rotatable bonds is 20. The molecule has 0 radical (unpaired) electrons. The Labute approximate surface area is 307 Å². The maximum Gasteiger partial charge on any atom is 0.317 e. The third kappa shape index (κ3) is 151. The zero-order valence-corrected chi connectivity index (χ0v) is 31.2. The summed E-state index contributed by atoms with van der Waals surface area (Å²) in [5.41, 5.74) is 0. The van der Waals surface area contributed by atoms with Crippen LogP contribution in [0.1, 0.15) is 41.5 Å². The van der Waals surface area contributed by atoms with Crippen LogP contribution in [0.2, 0.25) is 0 Å². The van der Waals surface area contributed by atoms with E-state index in [4.69, 9.17) is 84.5 Å². The first-order chi connectivity index (χ1) is 23.5. The number of aliphatic carboxylic acids is 8. The van der Waals surface area contributed by atoms with E-state index in [0.29, 0.717) is 0 Å². The zero-order valence-electron chi connectivity index (χ0n) is 31.2. The Kier molecular flexibility index (Phi) is 75.0. The van der Waals surface area contributed by atoms with Gasteiger partial charge in [-0.05, 0) is 13.8 Å². The van der Waals surface area contributed by atoms with Crippen molar-refractivity contribution in [3.8, 4) is 0 Å². The van der Waals surface area contributed by atoms with Gasteiger partial charge in [0.2, 0.25) is 0 Å². The molecule has 0 aliphatic rings. The normalized spacial score (nSPS) is 8.64. The maximum absolute atomic E-state index is 10.6. The smallest absolute Gasteiger partial charge is 0.317 e. The van der Waals surface area contributed by atoms with Gasteiger partial charge in [-0.25, -0.2) is 0 Å². The number of aliphatic hydroxyl groups is 2. The number of nitrogens with zero attached hydrogens (tertiary/aromatic N) is 2. The number of carboxylic acid groups (broad SMARTS) is 8. The van der Waals surface area contributed by atoms with Crippen LogP contribution in [0.3, 0.4) is 0 Å². The average Bonchev–Trinajstić information content (AvgIpc) is 2.92. The molecule has 25 heteroatoms. The number of carboxylic acids is 8. The first kappa shape index (κ1) is 70.1. The molecule has 0 aromatic carbocycles. The maximum atomic E-state index is 10.6. The van der Waals surface area contributed by atoms with Crippen LogP contribution < -0.4 is 12.3 Å². The molecule has 320 valence electrons. The van der Waals surface area contributed by atoms with Crippen LogP contribution in [0.4, 0.5) is 0 Å². The van der Waals surface area contributed by atoms with Crippen molar-refractivity contribution >= 4 is 47.8 Å². The lowest BCUT2D eigenvalue weighted by Gasteiger charge is -2.18. The zero-order chi connectivity index (χ0) is 41.8. The van der Waals surface area contributed by atoms with Gasteiger partial charge in [-0.2, -0.15) is 0 Å². The summed E-state index contributed by atoms with van der Waals surface area (Å²) in [6, 6.07) is 0. The first-order valence-electron chi connectivity index (χ1n) is 14.5. The second-order valence-corrected chi connectivity index (χ2v) is 8.53. The van der Waals surface area contributed by atoms with E-state index >= 15 is 0 Å². The molecule has 0 atom stereocenters. The van der Waals surface area contributed by atoms with Gasteiger partial charge in [0.05, 0.1) is 65.8 Å². The summed E-state index contributed by atoms with van der Waals surface area (Å²) in [6.07, 6.45) is 0. The summed E-state index contributed by atoms with van der Waals surface area (Å²) in [7, 11) is 0. The number of hydrogen-bond acceptors (Lipinski definition) is 17. The van der Waals surface area contributed by atoms with E-state index in [-0.39, 0.29) is 65.0 Å². The van der Waals surface area contributed by atoms with Gasteiger partial charge in [0.25, 0.3) is 23.9 Å². The SMILES string of the molecule is CC(=O)O.CC(=O)O.CC(=O)O.CC(=O)O.CCOCC.N.N.O=C(O)CN(CCOCCOCCN(CC(=O)O)CC(=O)O)CC(=O)O.OCCO. The molecule has 0 aliphatic carbocycles. The molecule has 16 N–H and O–H groups in total. The van der Waals surface area contributed by atoms with Crippen molar-refractivity contribution in [1.29, 1.82) is 0 Å². The quantitative estimate of drug-likeness (QED) is 0.0635.